The minimum Gasteiger partial charge on any atom is -0.390 e. The number of fused-ring (bicyclic) bond motifs is 1. The predicted octanol–water partition coefficient (Wildman–Crippen LogP) is 1.14. The van der Waals surface area contributed by atoms with Crippen LogP contribution in [-0.2, 0) is 4.79 Å². The van der Waals surface area contributed by atoms with Crippen LogP contribution in [0.2, 0.25) is 0 Å². The Labute approximate surface area is 110 Å². The highest BCUT2D eigenvalue weighted by atomic mass is 16.3. The van der Waals surface area contributed by atoms with E-state index >= 15 is 0 Å². The molecule has 1 saturated carbocycles. The molecular formula is C14H26N2O2. The van der Waals surface area contributed by atoms with Gasteiger partial charge in [0.25, 0.3) is 0 Å². The van der Waals surface area contributed by atoms with Crippen molar-refractivity contribution in [3.05, 3.63) is 0 Å². The van der Waals surface area contributed by atoms with Crippen molar-refractivity contribution in [2.75, 3.05) is 19.6 Å². The maximum absolute atomic E-state index is 11.9. The molecule has 18 heavy (non-hydrogen) atoms. The molecule has 1 aliphatic heterocycles. The Morgan fingerprint density at radius 3 is 3.00 bits per heavy atom. The number of amides is 1. The molecule has 1 saturated heterocycles. The number of likely N-dealkylation sites (tertiary alicyclic amines) is 1. The summed E-state index contributed by atoms with van der Waals surface area (Å²) in [6.45, 7) is 6.31. The molecule has 0 aromatic heterocycles. The first-order valence-electron chi connectivity index (χ1n) is 7.31. The van der Waals surface area contributed by atoms with Gasteiger partial charge < -0.3 is 10.4 Å². The van der Waals surface area contributed by atoms with Gasteiger partial charge in [0.05, 0.1) is 11.6 Å². The zero-order valence-electron chi connectivity index (χ0n) is 11.6. The van der Waals surface area contributed by atoms with Gasteiger partial charge in [-0.1, -0.05) is 12.8 Å². The van der Waals surface area contributed by atoms with Crippen LogP contribution in [0.5, 0.6) is 0 Å². The lowest BCUT2D eigenvalue weighted by Gasteiger charge is -2.48. The zero-order valence-corrected chi connectivity index (χ0v) is 11.6. The van der Waals surface area contributed by atoms with Crippen molar-refractivity contribution in [1.29, 1.82) is 0 Å². The lowest BCUT2D eigenvalue weighted by Crippen LogP contribution is -2.57. The quantitative estimate of drug-likeness (QED) is 0.794. The van der Waals surface area contributed by atoms with Gasteiger partial charge in [-0.05, 0) is 33.1 Å². The van der Waals surface area contributed by atoms with Gasteiger partial charge in [0.15, 0.2) is 0 Å². The number of hydrogen-bond donors (Lipinski definition) is 2. The molecule has 3 unspecified atom stereocenters. The molecule has 0 bridgehead atoms. The van der Waals surface area contributed by atoms with Crippen molar-refractivity contribution in [1.82, 2.24) is 10.2 Å². The minimum atomic E-state index is -0.449. The van der Waals surface area contributed by atoms with Crippen LogP contribution in [0.15, 0.2) is 0 Å². The molecule has 4 heteroatoms. The molecule has 2 rings (SSSR count). The number of nitrogens with zero attached hydrogens (tertiary/aromatic N) is 1. The number of nitrogens with one attached hydrogen (secondary N) is 1. The van der Waals surface area contributed by atoms with Crippen molar-refractivity contribution in [3.8, 4) is 0 Å². The van der Waals surface area contributed by atoms with Crippen molar-refractivity contribution < 1.29 is 9.90 Å². The first-order valence-corrected chi connectivity index (χ1v) is 7.31. The lowest BCUT2D eigenvalue weighted by molar-refractivity contribution is -0.133. The summed E-state index contributed by atoms with van der Waals surface area (Å²) >= 11 is 0. The van der Waals surface area contributed by atoms with Crippen molar-refractivity contribution in [3.63, 3.8) is 0 Å². The van der Waals surface area contributed by atoms with E-state index in [9.17, 15) is 9.90 Å². The highest BCUT2D eigenvalue weighted by Gasteiger charge is 2.44. The van der Waals surface area contributed by atoms with E-state index in [-0.39, 0.29) is 11.9 Å². The maximum Gasteiger partial charge on any atom is 0.237 e. The van der Waals surface area contributed by atoms with E-state index in [2.05, 4.69) is 10.2 Å². The van der Waals surface area contributed by atoms with Crippen LogP contribution in [0, 0.1) is 5.92 Å². The fourth-order valence-corrected chi connectivity index (χ4v) is 3.44. The number of aliphatic hydroxyl groups is 1. The SMILES string of the molecule is CCNC(=O)C(C)N1CCC2(O)CCCCC2C1. The summed E-state index contributed by atoms with van der Waals surface area (Å²) in [6, 6.07) is -0.0728. The smallest absolute Gasteiger partial charge is 0.237 e. The summed E-state index contributed by atoms with van der Waals surface area (Å²) in [4.78, 5) is 14.1. The summed E-state index contributed by atoms with van der Waals surface area (Å²) in [5.41, 5.74) is -0.449. The first-order chi connectivity index (χ1) is 8.57. The number of rotatable bonds is 3. The second-order valence-electron chi connectivity index (χ2n) is 5.86. The summed E-state index contributed by atoms with van der Waals surface area (Å²) in [7, 11) is 0. The molecule has 1 amide bonds. The third-order valence-corrected chi connectivity index (χ3v) is 4.74. The Balaban J connectivity index is 1.95. The fourth-order valence-electron chi connectivity index (χ4n) is 3.44. The molecule has 3 atom stereocenters. The maximum atomic E-state index is 11.9. The van der Waals surface area contributed by atoms with Crippen LogP contribution >= 0.6 is 0 Å². The zero-order chi connectivity index (χ0) is 13.2. The molecule has 0 radical (unpaired) electrons. The van der Waals surface area contributed by atoms with E-state index < -0.39 is 5.60 Å². The Kier molecular flexibility index (Phi) is 4.28. The molecule has 2 N–H and O–H groups in total. The van der Waals surface area contributed by atoms with Gasteiger partial charge in [0, 0.05) is 25.6 Å². The van der Waals surface area contributed by atoms with Gasteiger partial charge in [-0.2, -0.15) is 0 Å². The van der Waals surface area contributed by atoms with E-state index in [1.807, 2.05) is 13.8 Å². The van der Waals surface area contributed by atoms with Crippen LogP contribution in [0.4, 0.5) is 0 Å². The van der Waals surface area contributed by atoms with Gasteiger partial charge in [0.1, 0.15) is 0 Å². The molecule has 0 aromatic carbocycles. The second kappa shape index (κ2) is 5.57. The predicted molar refractivity (Wildman–Crippen MR) is 71.2 cm³/mol. The fraction of sp³-hybridized carbons (Fsp3) is 0.929. The summed E-state index contributed by atoms with van der Waals surface area (Å²) in [5.74, 6) is 0.468. The lowest BCUT2D eigenvalue weighted by atomic mass is 9.71. The molecule has 4 nitrogen and oxygen atoms in total. The first kappa shape index (κ1) is 13.8. The van der Waals surface area contributed by atoms with Gasteiger partial charge in [-0.3, -0.25) is 9.69 Å². The van der Waals surface area contributed by atoms with Gasteiger partial charge in [-0.15, -0.1) is 0 Å². The van der Waals surface area contributed by atoms with Gasteiger partial charge in [0.2, 0.25) is 5.91 Å². The van der Waals surface area contributed by atoms with Crippen molar-refractivity contribution >= 4 is 5.91 Å². The van der Waals surface area contributed by atoms with E-state index in [0.717, 1.165) is 38.8 Å². The van der Waals surface area contributed by atoms with Crippen LogP contribution in [-0.4, -0.2) is 47.2 Å². The summed E-state index contributed by atoms with van der Waals surface area (Å²) in [6.07, 6.45) is 5.24. The highest BCUT2D eigenvalue weighted by molar-refractivity contribution is 5.81. The average Bonchev–Trinajstić information content (AvgIpc) is 2.37. The third-order valence-electron chi connectivity index (χ3n) is 4.74. The molecule has 1 aliphatic carbocycles. The normalized spacial score (nSPS) is 34.7. The van der Waals surface area contributed by atoms with Crippen LogP contribution in [0.1, 0.15) is 46.0 Å². The standard InChI is InChI=1S/C14H26N2O2/c1-3-15-13(17)11(2)16-9-8-14(18)7-5-4-6-12(14)10-16/h11-12,18H,3-10H2,1-2H3,(H,15,17). The Morgan fingerprint density at radius 2 is 2.28 bits per heavy atom. The van der Waals surface area contributed by atoms with Crippen LogP contribution < -0.4 is 5.32 Å². The molecule has 2 aliphatic rings. The Hall–Kier alpha value is -0.610. The Bertz CT molecular complexity index is 308. The van der Waals surface area contributed by atoms with E-state index in [4.69, 9.17) is 0 Å². The highest BCUT2D eigenvalue weighted by Crippen LogP contribution is 2.40. The number of carbonyl (C=O) groups excluding carboxylic acids is 1. The summed E-state index contributed by atoms with van der Waals surface area (Å²) in [5, 5.41) is 13.5. The number of hydrogen-bond acceptors (Lipinski definition) is 3. The monoisotopic (exact) mass is 254 g/mol. The largest absolute Gasteiger partial charge is 0.390 e. The second-order valence-corrected chi connectivity index (χ2v) is 5.86. The molecule has 0 aromatic rings. The van der Waals surface area contributed by atoms with Crippen LogP contribution in [0.3, 0.4) is 0 Å². The molecule has 2 fully saturated rings. The number of likely N-dealkylation sites (N-methyl/N-ethyl adjacent to an activating group) is 1. The third kappa shape index (κ3) is 2.69. The van der Waals surface area contributed by atoms with E-state index in [1.54, 1.807) is 0 Å². The van der Waals surface area contributed by atoms with Gasteiger partial charge in [-0.25, -0.2) is 0 Å². The average molecular weight is 254 g/mol. The van der Waals surface area contributed by atoms with E-state index in [0.29, 0.717) is 12.5 Å². The summed E-state index contributed by atoms with van der Waals surface area (Å²) < 4.78 is 0. The topological polar surface area (TPSA) is 52.6 Å². The van der Waals surface area contributed by atoms with Crippen LogP contribution in [0.25, 0.3) is 0 Å². The minimum absolute atomic E-state index is 0.0728. The number of carbonyl (C=O) groups is 1. The van der Waals surface area contributed by atoms with Crippen molar-refractivity contribution in [2.45, 2.75) is 57.6 Å². The number of piperidine rings is 1. The molecule has 104 valence electrons. The molecule has 1 heterocycles. The van der Waals surface area contributed by atoms with E-state index in [1.165, 1.54) is 6.42 Å². The Morgan fingerprint density at radius 1 is 1.50 bits per heavy atom. The molecule has 0 spiro atoms. The van der Waals surface area contributed by atoms with Gasteiger partial charge >= 0.3 is 0 Å². The molecular weight excluding hydrogens is 228 g/mol. The van der Waals surface area contributed by atoms with Crippen molar-refractivity contribution in [2.24, 2.45) is 5.92 Å².